The van der Waals surface area contributed by atoms with E-state index >= 15 is 0 Å². The fraction of sp³-hybridized carbons (Fsp3) is 0.417. The summed E-state index contributed by atoms with van der Waals surface area (Å²) in [4.78, 5) is 2.63. The molecule has 3 nitrogen and oxygen atoms in total. The van der Waals surface area contributed by atoms with Gasteiger partial charge in [-0.15, -0.1) is 11.3 Å². The molecule has 0 amide bonds. The molecule has 2 aromatic rings. The highest BCUT2D eigenvalue weighted by Gasteiger charge is 2.13. The number of H-pyrrole nitrogens is 1. The second-order valence-electron chi connectivity index (χ2n) is 3.83. The van der Waals surface area contributed by atoms with Crippen LogP contribution >= 0.6 is 11.3 Å². The first-order chi connectivity index (χ1) is 7.76. The average Bonchev–Trinajstić information content (AvgIpc) is 2.87. The number of hydrogen-bond donors (Lipinski definition) is 2. The van der Waals surface area contributed by atoms with Crippen molar-refractivity contribution in [2.75, 3.05) is 5.73 Å². The summed E-state index contributed by atoms with van der Waals surface area (Å²) < 4.78 is 0. The predicted octanol–water partition coefficient (Wildman–Crippen LogP) is 3.24. The first-order valence-electron chi connectivity index (χ1n) is 5.68. The molecule has 0 aliphatic heterocycles. The minimum absolute atomic E-state index is 0.642. The van der Waals surface area contributed by atoms with E-state index in [1.54, 1.807) is 0 Å². The van der Waals surface area contributed by atoms with Gasteiger partial charge in [0.1, 0.15) is 5.82 Å². The molecule has 86 valence electrons. The number of rotatable bonds is 4. The largest absolute Gasteiger partial charge is 0.382 e. The molecule has 0 aromatic carbocycles. The Morgan fingerprint density at radius 3 is 2.81 bits per heavy atom. The van der Waals surface area contributed by atoms with E-state index in [1.165, 1.54) is 9.75 Å². The number of nitrogens with zero attached hydrogens (tertiary/aromatic N) is 1. The Morgan fingerprint density at radius 2 is 2.19 bits per heavy atom. The molecule has 0 atom stereocenters. The van der Waals surface area contributed by atoms with Crippen molar-refractivity contribution in [1.82, 2.24) is 10.2 Å². The van der Waals surface area contributed by atoms with Gasteiger partial charge in [-0.2, -0.15) is 5.10 Å². The van der Waals surface area contributed by atoms with Gasteiger partial charge in [-0.25, -0.2) is 0 Å². The summed E-state index contributed by atoms with van der Waals surface area (Å²) >= 11 is 1.81. The Bertz CT molecular complexity index is 470. The quantitative estimate of drug-likeness (QED) is 0.854. The lowest BCUT2D eigenvalue weighted by atomic mass is 10.1. The van der Waals surface area contributed by atoms with Gasteiger partial charge in [0, 0.05) is 10.4 Å². The van der Waals surface area contributed by atoms with E-state index in [9.17, 15) is 0 Å². The van der Waals surface area contributed by atoms with Gasteiger partial charge in [0.15, 0.2) is 0 Å². The Labute approximate surface area is 99.7 Å². The molecule has 0 fully saturated rings. The number of nitrogens with one attached hydrogen (secondary N) is 1. The molecule has 0 aliphatic rings. The van der Waals surface area contributed by atoms with Crippen LogP contribution in [-0.2, 0) is 12.8 Å². The van der Waals surface area contributed by atoms with E-state index in [-0.39, 0.29) is 0 Å². The lowest BCUT2D eigenvalue weighted by Gasteiger charge is -1.99. The molecule has 2 heterocycles. The third-order valence-electron chi connectivity index (χ3n) is 2.66. The molecule has 2 rings (SSSR count). The highest BCUT2D eigenvalue weighted by atomic mass is 32.1. The number of aromatic amines is 1. The predicted molar refractivity (Wildman–Crippen MR) is 69.7 cm³/mol. The van der Waals surface area contributed by atoms with Crippen LogP contribution in [0.4, 0.5) is 5.82 Å². The minimum atomic E-state index is 0.642. The molecule has 2 aromatic heterocycles. The second-order valence-corrected chi connectivity index (χ2v) is 5.00. The number of aryl methyl sites for hydroxylation is 1. The van der Waals surface area contributed by atoms with Crippen molar-refractivity contribution in [3.8, 4) is 10.6 Å². The Balaban J connectivity index is 2.39. The molecule has 4 heteroatoms. The van der Waals surface area contributed by atoms with Gasteiger partial charge in [0.25, 0.3) is 0 Å². The van der Waals surface area contributed by atoms with Crippen LogP contribution in [0.1, 0.15) is 30.7 Å². The van der Waals surface area contributed by atoms with Gasteiger partial charge in [0.2, 0.25) is 0 Å². The molecule has 0 aliphatic carbocycles. The topological polar surface area (TPSA) is 54.7 Å². The lowest BCUT2D eigenvalue weighted by Crippen LogP contribution is -1.91. The maximum atomic E-state index is 5.87. The SMILES string of the molecule is CCCc1c(N)n[nH]c1-c1ccc(CC)s1. The van der Waals surface area contributed by atoms with Crippen molar-refractivity contribution in [1.29, 1.82) is 0 Å². The van der Waals surface area contributed by atoms with Crippen molar-refractivity contribution in [2.24, 2.45) is 0 Å². The van der Waals surface area contributed by atoms with E-state index < -0.39 is 0 Å². The third-order valence-corrected chi connectivity index (χ3v) is 3.90. The molecule has 0 spiro atoms. The maximum absolute atomic E-state index is 5.87. The molecular formula is C12H17N3S. The van der Waals surface area contributed by atoms with E-state index in [4.69, 9.17) is 5.73 Å². The summed E-state index contributed by atoms with van der Waals surface area (Å²) in [6, 6.07) is 4.32. The maximum Gasteiger partial charge on any atom is 0.149 e. The molecule has 0 saturated carbocycles. The van der Waals surface area contributed by atoms with Crippen LogP contribution < -0.4 is 5.73 Å². The van der Waals surface area contributed by atoms with E-state index in [2.05, 4.69) is 36.2 Å². The Hall–Kier alpha value is -1.29. The fourth-order valence-corrected chi connectivity index (χ4v) is 2.76. The van der Waals surface area contributed by atoms with Crippen molar-refractivity contribution in [3.63, 3.8) is 0 Å². The fourth-order valence-electron chi connectivity index (χ4n) is 1.79. The summed E-state index contributed by atoms with van der Waals surface area (Å²) in [6.45, 7) is 4.33. The van der Waals surface area contributed by atoms with Gasteiger partial charge in [0.05, 0.1) is 10.6 Å². The zero-order valence-electron chi connectivity index (χ0n) is 9.71. The Kier molecular flexibility index (Phi) is 3.29. The summed E-state index contributed by atoms with van der Waals surface area (Å²) in [5.41, 5.74) is 8.13. The number of thiophene rings is 1. The molecule has 0 bridgehead atoms. The number of hydrogen-bond acceptors (Lipinski definition) is 3. The molecule has 3 N–H and O–H groups in total. The highest BCUT2D eigenvalue weighted by Crippen LogP contribution is 2.32. The van der Waals surface area contributed by atoms with Crippen LogP contribution in [0.15, 0.2) is 12.1 Å². The lowest BCUT2D eigenvalue weighted by molar-refractivity contribution is 0.927. The summed E-state index contributed by atoms with van der Waals surface area (Å²) in [5.74, 6) is 0.642. The monoisotopic (exact) mass is 235 g/mol. The van der Waals surface area contributed by atoms with Gasteiger partial charge in [-0.1, -0.05) is 20.3 Å². The van der Waals surface area contributed by atoms with Crippen molar-refractivity contribution in [2.45, 2.75) is 33.1 Å². The van der Waals surface area contributed by atoms with Crippen LogP contribution in [0.3, 0.4) is 0 Å². The smallest absolute Gasteiger partial charge is 0.149 e. The number of aromatic nitrogens is 2. The summed E-state index contributed by atoms with van der Waals surface area (Å²) in [5, 5.41) is 7.15. The Morgan fingerprint density at radius 1 is 1.38 bits per heavy atom. The number of nitrogens with two attached hydrogens (primary N) is 1. The van der Waals surface area contributed by atoms with Crippen molar-refractivity contribution < 1.29 is 0 Å². The number of nitrogen functional groups attached to an aromatic ring is 1. The molecule has 16 heavy (non-hydrogen) atoms. The van der Waals surface area contributed by atoms with Crippen LogP contribution in [0.25, 0.3) is 10.6 Å². The van der Waals surface area contributed by atoms with Crippen molar-refractivity contribution >= 4 is 17.2 Å². The first-order valence-corrected chi connectivity index (χ1v) is 6.49. The van der Waals surface area contributed by atoms with Crippen LogP contribution in [0.2, 0.25) is 0 Å². The van der Waals surface area contributed by atoms with E-state index in [0.29, 0.717) is 5.82 Å². The summed E-state index contributed by atoms with van der Waals surface area (Å²) in [7, 11) is 0. The van der Waals surface area contributed by atoms with E-state index in [0.717, 1.165) is 30.5 Å². The highest BCUT2D eigenvalue weighted by molar-refractivity contribution is 7.15. The second kappa shape index (κ2) is 4.70. The minimum Gasteiger partial charge on any atom is -0.382 e. The zero-order valence-corrected chi connectivity index (χ0v) is 10.5. The van der Waals surface area contributed by atoms with Gasteiger partial charge >= 0.3 is 0 Å². The molecule has 0 saturated heterocycles. The number of anilines is 1. The van der Waals surface area contributed by atoms with Crippen molar-refractivity contribution in [3.05, 3.63) is 22.6 Å². The molecule has 0 unspecified atom stereocenters. The van der Waals surface area contributed by atoms with Gasteiger partial charge in [-0.3, -0.25) is 5.10 Å². The van der Waals surface area contributed by atoms with Crippen LogP contribution in [-0.4, -0.2) is 10.2 Å². The third kappa shape index (κ3) is 1.97. The van der Waals surface area contributed by atoms with Crippen LogP contribution in [0.5, 0.6) is 0 Å². The van der Waals surface area contributed by atoms with Gasteiger partial charge in [-0.05, 0) is 25.0 Å². The van der Waals surface area contributed by atoms with E-state index in [1.807, 2.05) is 11.3 Å². The van der Waals surface area contributed by atoms with Crippen LogP contribution in [0, 0.1) is 0 Å². The molecule has 0 radical (unpaired) electrons. The molecular weight excluding hydrogens is 218 g/mol. The van der Waals surface area contributed by atoms with Gasteiger partial charge < -0.3 is 5.73 Å². The zero-order chi connectivity index (χ0) is 11.5. The first kappa shape index (κ1) is 11.2. The summed E-state index contributed by atoms with van der Waals surface area (Å²) in [6.07, 6.45) is 3.15. The normalized spacial score (nSPS) is 10.9. The average molecular weight is 235 g/mol. The standard InChI is InChI=1S/C12H17N3S/c1-3-5-9-11(14-15-12(9)13)10-7-6-8(4-2)16-10/h6-7H,3-5H2,1-2H3,(H3,13,14,15).